The highest BCUT2D eigenvalue weighted by Crippen LogP contribution is 2.38. The molecule has 0 saturated heterocycles. The quantitative estimate of drug-likeness (QED) is 0.498. The molecule has 0 saturated carbocycles. The van der Waals surface area contributed by atoms with Crippen molar-refractivity contribution >= 4 is 38.7 Å². The molecule has 5 nitrogen and oxygen atoms in total. The van der Waals surface area contributed by atoms with Crippen LogP contribution in [0.1, 0.15) is 18.2 Å². The average Bonchev–Trinajstić information content (AvgIpc) is 3.28. The molecule has 0 atom stereocenters. The zero-order valence-corrected chi connectivity index (χ0v) is 16.6. The largest absolute Gasteiger partial charge is 0.300 e. The maximum atomic E-state index is 13.5. The summed E-state index contributed by atoms with van der Waals surface area (Å²) in [6.45, 7) is 3.87. The fourth-order valence-electron chi connectivity index (χ4n) is 3.11. The molecule has 0 fully saturated rings. The van der Waals surface area contributed by atoms with Crippen molar-refractivity contribution in [2.75, 3.05) is 0 Å². The summed E-state index contributed by atoms with van der Waals surface area (Å²) in [6, 6.07) is 7.67. The first-order valence-corrected chi connectivity index (χ1v) is 10.2. The van der Waals surface area contributed by atoms with Crippen molar-refractivity contribution in [2.45, 2.75) is 26.8 Å². The predicted molar refractivity (Wildman–Crippen MR) is 110 cm³/mol. The van der Waals surface area contributed by atoms with Crippen LogP contribution in [-0.4, -0.2) is 20.3 Å². The summed E-state index contributed by atoms with van der Waals surface area (Å²) < 4.78 is 1.63. The molecule has 0 radical (unpaired) electrons. The molecule has 0 spiro atoms. The van der Waals surface area contributed by atoms with Gasteiger partial charge in [0.15, 0.2) is 0 Å². The van der Waals surface area contributed by atoms with Gasteiger partial charge in [0.1, 0.15) is 16.4 Å². The van der Waals surface area contributed by atoms with E-state index in [9.17, 15) is 9.59 Å². The van der Waals surface area contributed by atoms with Crippen molar-refractivity contribution in [3.63, 3.8) is 0 Å². The highest BCUT2D eigenvalue weighted by atomic mass is 32.1. The van der Waals surface area contributed by atoms with Gasteiger partial charge >= 0.3 is 0 Å². The normalized spacial score (nSPS) is 11.2. The smallest absolute Gasteiger partial charge is 0.263 e. The zero-order valence-electron chi connectivity index (χ0n) is 14.9. The van der Waals surface area contributed by atoms with Gasteiger partial charge in [-0.2, -0.15) is 0 Å². The molecule has 4 aromatic heterocycles. The van der Waals surface area contributed by atoms with Crippen LogP contribution >= 0.6 is 22.7 Å². The fourth-order valence-corrected chi connectivity index (χ4v) is 5.04. The Bertz CT molecular complexity index is 1180. The monoisotopic (exact) mass is 395 g/mol. The summed E-state index contributed by atoms with van der Waals surface area (Å²) in [4.78, 5) is 36.8. The maximum Gasteiger partial charge on any atom is 0.263 e. The van der Waals surface area contributed by atoms with Crippen molar-refractivity contribution in [3.8, 4) is 21.8 Å². The SMILES string of the molecule is CC(=O)CCn1c(-c2ccncc2)nc2sc(C)c(-c3cccs3)c2c1=O. The van der Waals surface area contributed by atoms with Gasteiger partial charge in [-0.1, -0.05) is 6.07 Å². The van der Waals surface area contributed by atoms with Crippen molar-refractivity contribution < 1.29 is 4.79 Å². The Balaban J connectivity index is 2.02. The second-order valence-corrected chi connectivity index (χ2v) is 8.42. The molecule has 0 aromatic carbocycles. The lowest BCUT2D eigenvalue weighted by Crippen LogP contribution is -2.24. The van der Waals surface area contributed by atoms with E-state index >= 15 is 0 Å². The molecule has 4 heterocycles. The zero-order chi connectivity index (χ0) is 19.0. The molecule has 0 amide bonds. The second kappa shape index (κ2) is 7.17. The number of fused-ring (bicyclic) bond motifs is 1. The van der Waals surface area contributed by atoms with E-state index in [0.717, 1.165) is 25.7 Å². The number of thiophene rings is 2. The van der Waals surface area contributed by atoms with Gasteiger partial charge < -0.3 is 0 Å². The number of ketones is 1. The number of nitrogens with zero attached hydrogens (tertiary/aromatic N) is 3. The molecule has 0 N–H and O–H groups in total. The summed E-state index contributed by atoms with van der Waals surface area (Å²) in [7, 11) is 0. The first-order chi connectivity index (χ1) is 13.1. The van der Waals surface area contributed by atoms with E-state index in [1.54, 1.807) is 28.3 Å². The molecular formula is C20H17N3O2S2. The number of carbonyl (C=O) groups excluding carboxylic acids is 1. The lowest BCUT2D eigenvalue weighted by atomic mass is 10.1. The minimum atomic E-state index is -0.0965. The lowest BCUT2D eigenvalue weighted by molar-refractivity contribution is -0.117. The third-order valence-corrected chi connectivity index (χ3v) is 6.27. The van der Waals surface area contributed by atoms with Crippen molar-refractivity contribution in [1.29, 1.82) is 0 Å². The Hall–Kier alpha value is -2.64. The Morgan fingerprint density at radius 3 is 2.67 bits per heavy atom. The number of rotatable bonds is 5. The summed E-state index contributed by atoms with van der Waals surface area (Å²) in [5.41, 5.74) is 1.68. The summed E-state index contributed by atoms with van der Waals surface area (Å²) >= 11 is 3.14. The van der Waals surface area contributed by atoms with Gasteiger partial charge in [-0.15, -0.1) is 22.7 Å². The van der Waals surface area contributed by atoms with Crippen LogP contribution in [0.25, 0.3) is 32.0 Å². The topological polar surface area (TPSA) is 64.8 Å². The van der Waals surface area contributed by atoms with Crippen LogP contribution in [0, 0.1) is 6.92 Å². The number of Topliss-reactive ketones (excluding diaryl/α,β-unsaturated/α-hetero) is 1. The van der Waals surface area contributed by atoms with Crippen molar-refractivity contribution in [2.24, 2.45) is 0 Å². The average molecular weight is 396 g/mol. The second-order valence-electron chi connectivity index (χ2n) is 6.27. The molecule has 7 heteroatoms. The first kappa shape index (κ1) is 17.8. The highest BCUT2D eigenvalue weighted by molar-refractivity contribution is 7.20. The van der Waals surface area contributed by atoms with Crippen LogP contribution in [0.15, 0.2) is 46.8 Å². The molecule has 0 aliphatic heterocycles. The standard InChI is InChI=1S/C20H17N3O2S2/c1-12(24)7-10-23-18(14-5-8-21-9-6-14)22-19-17(20(23)25)16(13(2)27-19)15-4-3-11-26-15/h3-6,8-9,11H,7,10H2,1-2H3. The Kier molecular flexibility index (Phi) is 4.72. The Morgan fingerprint density at radius 1 is 1.22 bits per heavy atom. The van der Waals surface area contributed by atoms with E-state index in [1.807, 2.05) is 36.6 Å². The van der Waals surface area contributed by atoms with Gasteiger partial charge in [0.25, 0.3) is 5.56 Å². The molecule has 27 heavy (non-hydrogen) atoms. The van der Waals surface area contributed by atoms with Gasteiger partial charge in [0.2, 0.25) is 0 Å². The number of carbonyl (C=O) groups is 1. The molecule has 0 aliphatic carbocycles. The third kappa shape index (κ3) is 3.24. The van der Waals surface area contributed by atoms with E-state index in [1.165, 1.54) is 18.3 Å². The molecular weight excluding hydrogens is 378 g/mol. The number of hydrogen-bond donors (Lipinski definition) is 0. The number of hydrogen-bond acceptors (Lipinski definition) is 6. The van der Waals surface area contributed by atoms with E-state index < -0.39 is 0 Å². The molecule has 4 aromatic rings. The molecule has 4 rings (SSSR count). The Labute approximate surface area is 164 Å². The summed E-state index contributed by atoms with van der Waals surface area (Å²) in [5.74, 6) is 0.623. The van der Waals surface area contributed by atoms with E-state index in [-0.39, 0.29) is 11.3 Å². The lowest BCUT2D eigenvalue weighted by Gasteiger charge is -2.12. The van der Waals surface area contributed by atoms with Crippen molar-refractivity contribution in [1.82, 2.24) is 14.5 Å². The third-order valence-electron chi connectivity index (χ3n) is 4.38. The van der Waals surface area contributed by atoms with E-state index in [4.69, 9.17) is 4.98 Å². The molecule has 0 aliphatic rings. The Morgan fingerprint density at radius 2 is 2.00 bits per heavy atom. The number of aromatic nitrogens is 3. The van der Waals surface area contributed by atoms with E-state index in [0.29, 0.717) is 24.2 Å². The van der Waals surface area contributed by atoms with Crippen LogP contribution in [0.4, 0.5) is 0 Å². The molecule has 0 bridgehead atoms. The van der Waals surface area contributed by atoms with Crippen LogP contribution in [0.2, 0.25) is 0 Å². The number of aryl methyl sites for hydroxylation is 1. The number of pyridine rings is 1. The summed E-state index contributed by atoms with van der Waals surface area (Å²) in [6.07, 6.45) is 3.65. The fraction of sp³-hybridized carbons (Fsp3) is 0.200. The van der Waals surface area contributed by atoms with Gasteiger partial charge in [-0.05, 0) is 37.4 Å². The maximum absolute atomic E-state index is 13.5. The first-order valence-electron chi connectivity index (χ1n) is 8.54. The van der Waals surface area contributed by atoms with Crippen LogP contribution in [0.5, 0.6) is 0 Å². The predicted octanol–water partition coefficient (Wildman–Crippen LogP) is 4.54. The molecule has 0 unspecified atom stereocenters. The van der Waals surface area contributed by atoms with Crippen molar-refractivity contribution in [3.05, 3.63) is 57.3 Å². The highest BCUT2D eigenvalue weighted by Gasteiger charge is 2.21. The minimum absolute atomic E-state index is 0.0441. The van der Waals surface area contributed by atoms with Gasteiger partial charge in [0.05, 0.1) is 5.39 Å². The molecule has 136 valence electrons. The summed E-state index contributed by atoms with van der Waals surface area (Å²) in [5, 5.41) is 2.65. The van der Waals surface area contributed by atoms with Gasteiger partial charge in [0, 0.05) is 46.2 Å². The van der Waals surface area contributed by atoms with E-state index in [2.05, 4.69) is 4.98 Å². The van der Waals surface area contributed by atoms with Crippen LogP contribution < -0.4 is 5.56 Å². The van der Waals surface area contributed by atoms with Gasteiger partial charge in [-0.3, -0.25) is 19.1 Å². The van der Waals surface area contributed by atoms with Crippen LogP contribution in [0.3, 0.4) is 0 Å². The van der Waals surface area contributed by atoms with Gasteiger partial charge in [-0.25, -0.2) is 4.98 Å². The minimum Gasteiger partial charge on any atom is -0.300 e. The van der Waals surface area contributed by atoms with Crippen LogP contribution in [-0.2, 0) is 11.3 Å².